The zero-order valence-electron chi connectivity index (χ0n) is 10.3. The molecule has 3 atom stereocenters. The summed E-state index contributed by atoms with van der Waals surface area (Å²) in [5.41, 5.74) is 0. The highest BCUT2D eigenvalue weighted by Crippen LogP contribution is 2.34. The van der Waals surface area contributed by atoms with Crippen LogP contribution in [0.5, 0.6) is 0 Å². The Labute approximate surface area is 104 Å². The second-order valence-corrected chi connectivity index (χ2v) is 7.17. The smallest absolute Gasteiger partial charge is 0.0172 e. The molecule has 3 rings (SSSR count). The van der Waals surface area contributed by atoms with E-state index in [-0.39, 0.29) is 0 Å². The fourth-order valence-corrected chi connectivity index (χ4v) is 4.90. The zero-order valence-corrected chi connectivity index (χ0v) is 11.1. The van der Waals surface area contributed by atoms with Gasteiger partial charge in [0.25, 0.3) is 0 Å². The molecule has 3 unspecified atom stereocenters. The van der Waals surface area contributed by atoms with Crippen LogP contribution in [-0.2, 0) is 0 Å². The summed E-state index contributed by atoms with van der Waals surface area (Å²) in [5.74, 6) is 1.39. The van der Waals surface area contributed by atoms with E-state index >= 15 is 0 Å². The Morgan fingerprint density at radius 2 is 1.94 bits per heavy atom. The molecule has 3 aliphatic heterocycles. The predicted molar refractivity (Wildman–Crippen MR) is 71.1 cm³/mol. The average Bonchev–Trinajstić information content (AvgIpc) is 2.84. The van der Waals surface area contributed by atoms with Crippen molar-refractivity contribution in [3.8, 4) is 0 Å². The monoisotopic (exact) mass is 240 g/mol. The Morgan fingerprint density at radius 1 is 1.19 bits per heavy atom. The number of rotatable bonds is 3. The minimum absolute atomic E-state index is 0.815. The van der Waals surface area contributed by atoms with Gasteiger partial charge in [-0.05, 0) is 51.3 Å². The largest absolute Gasteiger partial charge is 0.313 e. The third-order valence-corrected chi connectivity index (χ3v) is 6.15. The number of piperidine rings is 1. The Kier molecular flexibility index (Phi) is 3.46. The van der Waals surface area contributed by atoms with Gasteiger partial charge in [0, 0.05) is 29.9 Å². The van der Waals surface area contributed by atoms with Crippen molar-refractivity contribution in [3.05, 3.63) is 0 Å². The molecular formula is C13H24N2S. The maximum absolute atomic E-state index is 3.84. The first-order valence-electron chi connectivity index (χ1n) is 6.90. The lowest BCUT2D eigenvalue weighted by Gasteiger charge is -2.37. The maximum Gasteiger partial charge on any atom is 0.0172 e. The first kappa shape index (κ1) is 11.4. The summed E-state index contributed by atoms with van der Waals surface area (Å²) >= 11 is 2.18. The van der Waals surface area contributed by atoms with Gasteiger partial charge in [-0.15, -0.1) is 0 Å². The summed E-state index contributed by atoms with van der Waals surface area (Å²) in [6.45, 7) is 1.26. The van der Waals surface area contributed by atoms with E-state index in [0.29, 0.717) is 0 Å². The Hall–Kier alpha value is 0.270. The number of nitrogens with one attached hydrogen (secondary N) is 1. The highest BCUT2D eigenvalue weighted by Gasteiger charge is 2.38. The fourth-order valence-electron chi connectivity index (χ4n) is 3.68. The van der Waals surface area contributed by atoms with Gasteiger partial charge in [0.2, 0.25) is 0 Å². The van der Waals surface area contributed by atoms with E-state index in [4.69, 9.17) is 0 Å². The van der Waals surface area contributed by atoms with Crippen molar-refractivity contribution in [1.29, 1.82) is 0 Å². The van der Waals surface area contributed by atoms with E-state index in [9.17, 15) is 0 Å². The molecule has 0 aromatic rings. The molecule has 0 amide bonds. The lowest BCUT2D eigenvalue weighted by atomic mass is 9.98. The van der Waals surface area contributed by atoms with Crippen LogP contribution in [0, 0.1) is 0 Å². The summed E-state index contributed by atoms with van der Waals surface area (Å²) in [5, 5.41) is 4.75. The van der Waals surface area contributed by atoms with E-state index in [2.05, 4.69) is 29.0 Å². The van der Waals surface area contributed by atoms with E-state index < -0.39 is 0 Å². The van der Waals surface area contributed by atoms with Gasteiger partial charge in [0.05, 0.1) is 0 Å². The molecule has 0 radical (unpaired) electrons. The van der Waals surface area contributed by atoms with Gasteiger partial charge < -0.3 is 10.2 Å². The Morgan fingerprint density at radius 3 is 2.56 bits per heavy atom. The second kappa shape index (κ2) is 4.87. The molecule has 0 aromatic carbocycles. The van der Waals surface area contributed by atoms with E-state index in [1.807, 2.05) is 0 Å². The molecule has 0 aliphatic carbocycles. The summed E-state index contributed by atoms with van der Waals surface area (Å²) in [4.78, 5) is 2.63. The van der Waals surface area contributed by atoms with E-state index in [0.717, 1.165) is 23.4 Å². The lowest BCUT2D eigenvalue weighted by Crippen LogP contribution is -2.48. The third kappa shape index (κ3) is 2.27. The number of hydrogen-bond donors (Lipinski definition) is 1. The van der Waals surface area contributed by atoms with Crippen molar-refractivity contribution in [2.75, 3.05) is 19.3 Å². The molecule has 2 bridgehead atoms. The van der Waals surface area contributed by atoms with Gasteiger partial charge in [-0.2, -0.15) is 11.8 Å². The zero-order chi connectivity index (χ0) is 11.0. The minimum atomic E-state index is 0.815. The van der Waals surface area contributed by atoms with Crippen LogP contribution in [0.4, 0.5) is 0 Å². The molecule has 0 spiro atoms. The number of hydrogen-bond acceptors (Lipinski definition) is 3. The SMILES string of the molecule is CN1C2CCC1CC(NCC1CCCS1)C2. The quantitative estimate of drug-likeness (QED) is 0.813. The van der Waals surface area contributed by atoms with Crippen molar-refractivity contribution in [2.24, 2.45) is 0 Å². The number of fused-ring (bicyclic) bond motifs is 2. The van der Waals surface area contributed by atoms with Gasteiger partial charge in [-0.3, -0.25) is 0 Å². The molecular weight excluding hydrogens is 216 g/mol. The van der Waals surface area contributed by atoms with Crippen LogP contribution in [0.25, 0.3) is 0 Å². The minimum Gasteiger partial charge on any atom is -0.313 e. The highest BCUT2D eigenvalue weighted by atomic mass is 32.2. The molecule has 3 fully saturated rings. The summed E-state index contributed by atoms with van der Waals surface area (Å²) < 4.78 is 0. The topological polar surface area (TPSA) is 15.3 Å². The molecule has 3 aliphatic rings. The van der Waals surface area contributed by atoms with Gasteiger partial charge >= 0.3 is 0 Å². The van der Waals surface area contributed by atoms with Crippen LogP contribution in [-0.4, -0.2) is 47.6 Å². The molecule has 3 heteroatoms. The van der Waals surface area contributed by atoms with Gasteiger partial charge in [-0.1, -0.05) is 0 Å². The van der Waals surface area contributed by atoms with Crippen molar-refractivity contribution in [3.63, 3.8) is 0 Å². The Balaban J connectivity index is 1.46. The van der Waals surface area contributed by atoms with Gasteiger partial charge in [-0.25, -0.2) is 0 Å². The van der Waals surface area contributed by atoms with Crippen molar-refractivity contribution >= 4 is 11.8 Å². The standard InChI is InChI=1S/C13H24N2S/c1-15-11-4-5-12(15)8-10(7-11)14-9-13-3-2-6-16-13/h10-14H,2-9H2,1H3. The normalized spacial score (nSPS) is 44.1. The molecule has 0 saturated carbocycles. The first-order chi connectivity index (χ1) is 7.83. The molecule has 1 N–H and O–H groups in total. The second-order valence-electron chi connectivity index (χ2n) is 5.76. The summed E-state index contributed by atoms with van der Waals surface area (Å²) in [6.07, 6.45) is 8.55. The van der Waals surface area contributed by atoms with Crippen LogP contribution in [0.1, 0.15) is 38.5 Å². The molecule has 2 nitrogen and oxygen atoms in total. The van der Waals surface area contributed by atoms with E-state index in [1.165, 1.54) is 50.8 Å². The number of nitrogens with zero attached hydrogens (tertiary/aromatic N) is 1. The van der Waals surface area contributed by atoms with Crippen LogP contribution in [0.2, 0.25) is 0 Å². The number of thioether (sulfide) groups is 1. The molecule has 3 heterocycles. The lowest BCUT2D eigenvalue weighted by molar-refractivity contribution is 0.149. The van der Waals surface area contributed by atoms with Crippen molar-refractivity contribution < 1.29 is 0 Å². The van der Waals surface area contributed by atoms with Gasteiger partial charge in [0.1, 0.15) is 0 Å². The average molecular weight is 240 g/mol. The van der Waals surface area contributed by atoms with Crippen molar-refractivity contribution in [2.45, 2.75) is 61.9 Å². The fraction of sp³-hybridized carbons (Fsp3) is 1.00. The maximum atomic E-state index is 3.84. The highest BCUT2D eigenvalue weighted by molar-refractivity contribution is 8.00. The van der Waals surface area contributed by atoms with Crippen LogP contribution >= 0.6 is 11.8 Å². The van der Waals surface area contributed by atoms with Crippen LogP contribution < -0.4 is 5.32 Å². The van der Waals surface area contributed by atoms with Gasteiger partial charge in [0.15, 0.2) is 0 Å². The third-order valence-electron chi connectivity index (χ3n) is 4.76. The molecule has 92 valence electrons. The van der Waals surface area contributed by atoms with E-state index in [1.54, 1.807) is 0 Å². The molecule has 16 heavy (non-hydrogen) atoms. The summed E-state index contributed by atoms with van der Waals surface area (Å²) in [6, 6.07) is 2.58. The first-order valence-corrected chi connectivity index (χ1v) is 7.94. The van der Waals surface area contributed by atoms with Crippen LogP contribution in [0.15, 0.2) is 0 Å². The Bertz CT molecular complexity index is 226. The van der Waals surface area contributed by atoms with Crippen molar-refractivity contribution in [1.82, 2.24) is 10.2 Å². The summed E-state index contributed by atoms with van der Waals surface area (Å²) in [7, 11) is 2.32. The molecule has 0 aromatic heterocycles. The molecule has 3 saturated heterocycles. The van der Waals surface area contributed by atoms with Crippen LogP contribution in [0.3, 0.4) is 0 Å². The predicted octanol–water partition coefficient (Wildman–Crippen LogP) is 2.10.